The monoisotopic (exact) mass is 254 g/mol. The van der Waals surface area contributed by atoms with E-state index in [4.69, 9.17) is 5.11 Å². The largest absolute Gasteiger partial charge is 0.481 e. The SMILES string of the molecule is C=CCN(C(=O)N1CCCC(C(=O)O)C1)C(C)C. The number of hydrogen-bond donors (Lipinski definition) is 1. The van der Waals surface area contributed by atoms with E-state index < -0.39 is 11.9 Å². The predicted octanol–water partition coefficient (Wildman–Crippen LogP) is 1.80. The second-order valence-corrected chi connectivity index (χ2v) is 4.94. The molecule has 18 heavy (non-hydrogen) atoms. The smallest absolute Gasteiger partial charge is 0.320 e. The molecule has 1 atom stereocenters. The number of aliphatic carboxylic acids is 1. The Balaban J connectivity index is 2.69. The molecule has 5 heteroatoms. The summed E-state index contributed by atoms with van der Waals surface area (Å²) in [6.45, 7) is 8.98. The van der Waals surface area contributed by atoms with Crippen molar-refractivity contribution in [1.82, 2.24) is 9.80 Å². The van der Waals surface area contributed by atoms with Gasteiger partial charge in [0.2, 0.25) is 0 Å². The van der Waals surface area contributed by atoms with Crippen LogP contribution in [0.25, 0.3) is 0 Å². The summed E-state index contributed by atoms with van der Waals surface area (Å²) in [4.78, 5) is 26.6. The number of amides is 2. The molecule has 1 unspecified atom stereocenters. The first-order chi connectivity index (χ1) is 8.47. The maximum absolute atomic E-state index is 12.3. The van der Waals surface area contributed by atoms with Crippen molar-refractivity contribution < 1.29 is 14.7 Å². The van der Waals surface area contributed by atoms with Crippen molar-refractivity contribution in [3.63, 3.8) is 0 Å². The molecular formula is C13H22N2O3. The summed E-state index contributed by atoms with van der Waals surface area (Å²) in [5.41, 5.74) is 0. The average molecular weight is 254 g/mol. The third kappa shape index (κ3) is 3.48. The van der Waals surface area contributed by atoms with Crippen LogP contribution in [0.3, 0.4) is 0 Å². The molecule has 1 fully saturated rings. The van der Waals surface area contributed by atoms with Crippen LogP contribution >= 0.6 is 0 Å². The van der Waals surface area contributed by atoms with Crippen molar-refractivity contribution in [1.29, 1.82) is 0 Å². The first kappa shape index (κ1) is 14.5. The van der Waals surface area contributed by atoms with Gasteiger partial charge in [-0.25, -0.2) is 4.79 Å². The van der Waals surface area contributed by atoms with Crippen molar-refractivity contribution >= 4 is 12.0 Å². The summed E-state index contributed by atoms with van der Waals surface area (Å²) in [5.74, 6) is -1.24. The zero-order valence-corrected chi connectivity index (χ0v) is 11.1. The van der Waals surface area contributed by atoms with Crippen LogP contribution in [0.2, 0.25) is 0 Å². The number of carboxylic acid groups (broad SMARTS) is 1. The minimum absolute atomic E-state index is 0.0840. The molecule has 102 valence electrons. The molecule has 5 nitrogen and oxygen atoms in total. The Hall–Kier alpha value is -1.52. The van der Waals surface area contributed by atoms with Gasteiger partial charge in [-0.1, -0.05) is 6.08 Å². The fourth-order valence-electron chi connectivity index (χ4n) is 2.18. The summed E-state index contributed by atoms with van der Waals surface area (Å²) < 4.78 is 0. The molecule has 0 spiro atoms. The molecule has 0 bridgehead atoms. The van der Waals surface area contributed by atoms with Gasteiger partial charge in [-0.05, 0) is 26.7 Å². The van der Waals surface area contributed by atoms with Crippen LogP contribution in [-0.4, -0.2) is 52.6 Å². The van der Waals surface area contributed by atoms with Crippen LogP contribution in [0.15, 0.2) is 12.7 Å². The zero-order chi connectivity index (χ0) is 13.7. The van der Waals surface area contributed by atoms with E-state index in [1.807, 2.05) is 13.8 Å². The third-order valence-electron chi connectivity index (χ3n) is 3.24. The van der Waals surface area contributed by atoms with Crippen LogP contribution in [-0.2, 0) is 4.79 Å². The Morgan fingerprint density at radius 1 is 1.56 bits per heavy atom. The number of carbonyl (C=O) groups excluding carboxylic acids is 1. The van der Waals surface area contributed by atoms with Crippen LogP contribution in [0.4, 0.5) is 4.79 Å². The van der Waals surface area contributed by atoms with Gasteiger partial charge in [-0.15, -0.1) is 6.58 Å². The fraction of sp³-hybridized carbons (Fsp3) is 0.692. The van der Waals surface area contributed by atoms with Crippen LogP contribution in [0.5, 0.6) is 0 Å². The molecule has 0 radical (unpaired) electrons. The van der Waals surface area contributed by atoms with Gasteiger partial charge >= 0.3 is 12.0 Å². The normalized spacial score (nSPS) is 19.7. The Morgan fingerprint density at radius 2 is 2.22 bits per heavy atom. The number of carbonyl (C=O) groups is 2. The Labute approximate surface area is 108 Å². The average Bonchev–Trinajstić information content (AvgIpc) is 2.35. The van der Waals surface area contributed by atoms with E-state index in [1.54, 1.807) is 15.9 Å². The highest BCUT2D eigenvalue weighted by molar-refractivity contribution is 5.77. The molecule has 0 aliphatic carbocycles. The molecule has 1 aliphatic rings. The summed E-state index contributed by atoms with van der Waals surface area (Å²) >= 11 is 0. The zero-order valence-electron chi connectivity index (χ0n) is 11.1. The molecule has 1 N–H and O–H groups in total. The Morgan fingerprint density at radius 3 is 2.72 bits per heavy atom. The van der Waals surface area contributed by atoms with Crippen LogP contribution in [0.1, 0.15) is 26.7 Å². The Bertz CT molecular complexity index is 328. The lowest BCUT2D eigenvalue weighted by molar-refractivity contribution is -0.143. The summed E-state index contributed by atoms with van der Waals surface area (Å²) in [5, 5.41) is 9.02. The second-order valence-electron chi connectivity index (χ2n) is 4.94. The molecular weight excluding hydrogens is 232 g/mol. The van der Waals surface area contributed by atoms with Crippen LogP contribution in [0, 0.1) is 5.92 Å². The van der Waals surface area contributed by atoms with Gasteiger partial charge in [0.15, 0.2) is 0 Å². The van der Waals surface area contributed by atoms with E-state index in [0.29, 0.717) is 26.1 Å². The number of piperidine rings is 1. The van der Waals surface area contributed by atoms with Crippen molar-refractivity contribution in [3.8, 4) is 0 Å². The summed E-state index contributed by atoms with van der Waals surface area (Å²) in [6.07, 6.45) is 3.10. The lowest BCUT2D eigenvalue weighted by Crippen LogP contribution is -2.50. The molecule has 1 heterocycles. The van der Waals surface area contributed by atoms with Gasteiger partial charge in [0, 0.05) is 25.7 Å². The molecule has 0 saturated carbocycles. The van der Waals surface area contributed by atoms with E-state index in [-0.39, 0.29) is 12.1 Å². The predicted molar refractivity (Wildman–Crippen MR) is 69.4 cm³/mol. The Kier molecular flexibility index (Phi) is 5.19. The second kappa shape index (κ2) is 6.42. The molecule has 1 rings (SSSR count). The van der Waals surface area contributed by atoms with Crippen LogP contribution < -0.4 is 0 Å². The molecule has 1 saturated heterocycles. The number of rotatable bonds is 4. The quantitative estimate of drug-likeness (QED) is 0.778. The number of likely N-dealkylation sites (tertiary alicyclic amines) is 1. The first-order valence-electron chi connectivity index (χ1n) is 6.36. The number of carboxylic acids is 1. The van der Waals surface area contributed by atoms with Crippen molar-refractivity contribution in [3.05, 3.63) is 12.7 Å². The van der Waals surface area contributed by atoms with E-state index >= 15 is 0 Å². The number of hydrogen-bond acceptors (Lipinski definition) is 2. The summed E-state index contributed by atoms with van der Waals surface area (Å²) in [7, 11) is 0. The maximum Gasteiger partial charge on any atom is 0.320 e. The number of nitrogens with zero attached hydrogens (tertiary/aromatic N) is 2. The van der Waals surface area contributed by atoms with Crippen molar-refractivity contribution in [2.45, 2.75) is 32.7 Å². The first-order valence-corrected chi connectivity index (χ1v) is 6.36. The fourth-order valence-corrected chi connectivity index (χ4v) is 2.18. The van der Waals surface area contributed by atoms with Crippen molar-refractivity contribution in [2.75, 3.05) is 19.6 Å². The molecule has 0 aromatic rings. The van der Waals surface area contributed by atoms with Gasteiger partial charge in [0.05, 0.1) is 5.92 Å². The highest BCUT2D eigenvalue weighted by Crippen LogP contribution is 2.18. The van der Waals surface area contributed by atoms with Gasteiger partial charge in [0.1, 0.15) is 0 Å². The highest BCUT2D eigenvalue weighted by atomic mass is 16.4. The number of urea groups is 1. The lowest BCUT2D eigenvalue weighted by atomic mass is 9.98. The van der Waals surface area contributed by atoms with Gasteiger partial charge in [-0.2, -0.15) is 0 Å². The van der Waals surface area contributed by atoms with E-state index in [2.05, 4.69) is 6.58 Å². The molecule has 1 aliphatic heterocycles. The topological polar surface area (TPSA) is 60.9 Å². The van der Waals surface area contributed by atoms with Gasteiger partial charge < -0.3 is 14.9 Å². The maximum atomic E-state index is 12.3. The van der Waals surface area contributed by atoms with Crippen molar-refractivity contribution in [2.24, 2.45) is 5.92 Å². The highest BCUT2D eigenvalue weighted by Gasteiger charge is 2.30. The van der Waals surface area contributed by atoms with E-state index in [0.717, 1.165) is 6.42 Å². The standard InChI is InChI=1S/C13H22N2O3/c1-4-7-15(10(2)3)13(18)14-8-5-6-11(9-14)12(16)17/h4,10-11H,1,5-9H2,2-3H3,(H,16,17). The molecule has 0 aromatic carbocycles. The lowest BCUT2D eigenvalue weighted by Gasteiger charge is -2.36. The van der Waals surface area contributed by atoms with E-state index in [1.165, 1.54) is 0 Å². The minimum Gasteiger partial charge on any atom is -0.481 e. The minimum atomic E-state index is -0.813. The molecule has 0 aromatic heterocycles. The van der Waals surface area contributed by atoms with Gasteiger partial charge in [0.25, 0.3) is 0 Å². The van der Waals surface area contributed by atoms with E-state index in [9.17, 15) is 9.59 Å². The van der Waals surface area contributed by atoms with Gasteiger partial charge in [-0.3, -0.25) is 4.79 Å². The third-order valence-corrected chi connectivity index (χ3v) is 3.24. The molecule has 2 amide bonds. The summed E-state index contributed by atoms with van der Waals surface area (Å²) in [6, 6.07) is -0.00319.